The summed E-state index contributed by atoms with van der Waals surface area (Å²) < 4.78 is 1.81. The number of nitrogens with zero attached hydrogens (tertiary/aromatic N) is 3. The third-order valence-electron chi connectivity index (χ3n) is 2.59. The van der Waals surface area contributed by atoms with Gasteiger partial charge in [0, 0.05) is 33.8 Å². The van der Waals surface area contributed by atoms with Crippen molar-refractivity contribution in [3.05, 3.63) is 18.0 Å². The van der Waals surface area contributed by atoms with E-state index in [1.165, 1.54) is 5.56 Å². The first-order valence-corrected chi connectivity index (χ1v) is 5.98. The normalized spacial score (nSPS) is 10.5. The van der Waals surface area contributed by atoms with Gasteiger partial charge in [-0.05, 0) is 31.5 Å². The Labute approximate surface area is 103 Å². The molecule has 0 aromatic carbocycles. The van der Waals surface area contributed by atoms with E-state index in [4.69, 9.17) is 0 Å². The number of aromatic nitrogens is 2. The second kappa shape index (κ2) is 7.06. The van der Waals surface area contributed by atoms with Crippen LogP contribution >= 0.6 is 0 Å². The largest absolute Gasteiger partial charge is 0.349 e. The maximum atomic E-state index is 11.3. The van der Waals surface area contributed by atoms with Crippen LogP contribution in [0.3, 0.4) is 0 Å². The molecule has 0 unspecified atom stereocenters. The molecule has 0 spiro atoms. The minimum atomic E-state index is 0.194. The Balaban J connectivity index is 2.00. The van der Waals surface area contributed by atoms with Crippen LogP contribution in [0.15, 0.2) is 12.4 Å². The molecule has 1 N–H and O–H groups in total. The Morgan fingerprint density at radius 1 is 1.47 bits per heavy atom. The molecule has 1 heterocycles. The predicted octanol–water partition coefficient (Wildman–Crippen LogP) is 0.421. The molecule has 17 heavy (non-hydrogen) atoms. The highest BCUT2D eigenvalue weighted by atomic mass is 16.2. The van der Waals surface area contributed by atoms with Crippen molar-refractivity contribution < 1.29 is 4.79 Å². The fraction of sp³-hybridized carbons (Fsp3) is 0.667. The van der Waals surface area contributed by atoms with E-state index in [9.17, 15) is 4.79 Å². The monoisotopic (exact) mass is 238 g/mol. The number of hydrogen-bond acceptors (Lipinski definition) is 3. The zero-order valence-corrected chi connectivity index (χ0v) is 10.9. The molecule has 96 valence electrons. The molecular weight excluding hydrogens is 216 g/mol. The average Bonchev–Trinajstić information content (AvgIpc) is 2.68. The quantitative estimate of drug-likeness (QED) is 0.700. The van der Waals surface area contributed by atoms with Crippen LogP contribution in [0.5, 0.6) is 0 Å². The van der Waals surface area contributed by atoms with Crippen molar-refractivity contribution in [2.24, 2.45) is 7.05 Å². The van der Waals surface area contributed by atoms with E-state index in [1.54, 1.807) is 19.0 Å². The summed E-state index contributed by atoms with van der Waals surface area (Å²) in [5.41, 5.74) is 1.24. The summed E-state index contributed by atoms with van der Waals surface area (Å²) in [6.45, 7) is 1.82. The number of aryl methyl sites for hydroxylation is 1. The Hall–Kier alpha value is -1.36. The molecule has 5 heteroatoms. The second-order valence-corrected chi connectivity index (χ2v) is 4.41. The highest BCUT2D eigenvalue weighted by Crippen LogP contribution is 1.96. The van der Waals surface area contributed by atoms with E-state index >= 15 is 0 Å². The third-order valence-corrected chi connectivity index (χ3v) is 2.59. The Kier molecular flexibility index (Phi) is 5.69. The second-order valence-electron chi connectivity index (χ2n) is 4.41. The van der Waals surface area contributed by atoms with Crippen molar-refractivity contribution in [2.75, 3.05) is 27.2 Å². The molecule has 1 aromatic heterocycles. The van der Waals surface area contributed by atoms with Gasteiger partial charge in [-0.2, -0.15) is 5.10 Å². The molecule has 0 aliphatic heterocycles. The molecule has 1 aromatic rings. The van der Waals surface area contributed by atoms with E-state index in [-0.39, 0.29) is 5.91 Å². The van der Waals surface area contributed by atoms with Crippen molar-refractivity contribution in [3.63, 3.8) is 0 Å². The van der Waals surface area contributed by atoms with Gasteiger partial charge < -0.3 is 10.2 Å². The first kappa shape index (κ1) is 13.7. The van der Waals surface area contributed by atoms with Gasteiger partial charge in [-0.25, -0.2) is 0 Å². The van der Waals surface area contributed by atoms with Crippen LogP contribution in [0, 0.1) is 0 Å². The van der Waals surface area contributed by atoms with Crippen LogP contribution in [-0.2, 0) is 18.3 Å². The van der Waals surface area contributed by atoms with Crippen molar-refractivity contribution in [2.45, 2.75) is 19.3 Å². The van der Waals surface area contributed by atoms with Gasteiger partial charge in [0.1, 0.15) is 0 Å². The van der Waals surface area contributed by atoms with E-state index < -0.39 is 0 Å². The lowest BCUT2D eigenvalue weighted by atomic mass is 10.2. The maximum absolute atomic E-state index is 11.3. The topological polar surface area (TPSA) is 50.2 Å². The molecule has 0 atom stereocenters. The van der Waals surface area contributed by atoms with Gasteiger partial charge in [0.05, 0.1) is 6.20 Å². The van der Waals surface area contributed by atoms with Crippen LogP contribution in [0.2, 0.25) is 0 Å². The first-order valence-electron chi connectivity index (χ1n) is 5.98. The van der Waals surface area contributed by atoms with E-state index in [2.05, 4.69) is 10.4 Å². The molecule has 0 aliphatic rings. The number of nitrogens with one attached hydrogen (secondary N) is 1. The Morgan fingerprint density at radius 2 is 2.24 bits per heavy atom. The van der Waals surface area contributed by atoms with Crippen molar-refractivity contribution >= 4 is 5.91 Å². The molecule has 1 amide bonds. The zero-order chi connectivity index (χ0) is 12.7. The molecule has 5 nitrogen and oxygen atoms in total. The standard InChI is InChI=1S/C12H22N4O/c1-15(2)12(17)5-4-7-13-8-6-11-9-14-16(3)10-11/h9-10,13H,4-8H2,1-3H3. The van der Waals surface area contributed by atoms with E-state index in [1.807, 2.05) is 24.1 Å². The van der Waals surface area contributed by atoms with Crippen LogP contribution in [-0.4, -0.2) is 47.8 Å². The molecule has 0 radical (unpaired) electrons. The fourth-order valence-corrected chi connectivity index (χ4v) is 1.55. The molecule has 0 saturated heterocycles. The van der Waals surface area contributed by atoms with Gasteiger partial charge in [0.15, 0.2) is 0 Å². The minimum Gasteiger partial charge on any atom is -0.349 e. The molecule has 0 saturated carbocycles. The average molecular weight is 238 g/mol. The zero-order valence-electron chi connectivity index (χ0n) is 10.9. The summed E-state index contributed by atoms with van der Waals surface area (Å²) >= 11 is 0. The van der Waals surface area contributed by atoms with Crippen LogP contribution in [0.25, 0.3) is 0 Å². The fourth-order valence-electron chi connectivity index (χ4n) is 1.55. The molecule has 1 rings (SSSR count). The Morgan fingerprint density at radius 3 is 2.82 bits per heavy atom. The number of carbonyl (C=O) groups is 1. The van der Waals surface area contributed by atoms with Gasteiger partial charge in [-0.3, -0.25) is 9.48 Å². The number of carbonyl (C=O) groups excluding carboxylic acids is 1. The summed E-state index contributed by atoms with van der Waals surface area (Å²) in [4.78, 5) is 12.9. The van der Waals surface area contributed by atoms with Gasteiger partial charge in [0.2, 0.25) is 5.91 Å². The minimum absolute atomic E-state index is 0.194. The summed E-state index contributed by atoms with van der Waals surface area (Å²) in [5.74, 6) is 0.194. The number of rotatable bonds is 7. The molecular formula is C12H22N4O. The highest BCUT2D eigenvalue weighted by molar-refractivity contribution is 5.75. The number of hydrogen-bond donors (Lipinski definition) is 1. The smallest absolute Gasteiger partial charge is 0.222 e. The summed E-state index contributed by atoms with van der Waals surface area (Å²) in [5, 5.41) is 7.44. The van der Waals surface area contributed by atoms with Crippen molar-refractivity contribution in [1.29, 1.82) is 0 Å². The number of amides is 1. The van der Waals surface area contributed by atoms with Gasteiger partial charge in [-0.1, -0.05) is 0 Å². The SMILES string of the molecule is CN(C)C(=O)CCCNCCc1cnn(C)c1. The Bertz CT molecular complexity index is 346. The van der Waals surface area contributed by atoms with Gasteiger partial charge in [-0.15, -0.1) is 0 Å². The lowest BCUT2D eigenvalue weighted by Gasteiger charge is -2.09. The van der Waals surface area contributed by atoms with Gasteiger partial charge in [0.25, 0.3) is 0 Å². The molecule has 0 bridgehead atoms. The summed E-state index contributed by atoms with van der Waals surface area (Å²) in [6.07, 6.45) is 6.40. The maximum Gasteiger partial charge on any atom is 0.222 e. The first-order chi connectivity index (χ1) is 8.09. The highest BCUT2D eigenvalue weighted by Gasteiger charge is 2.02. The lowest BCUT2D eigenvalue weighted by Crippen LogP contribution is -2.24. The molecule has 0 fully saturated rings. The van der Waals surface area contributed by atoms with Crippen molar-refractivity contribution in [3.8, 4) is 0 Å². The van der Waals surface area contributed by atoms with E-state index in [0.717, 1.165) is 25.9 Å². The summed E-state index contributed by atoms with van der Waals surface area (Å²) in [7, 11) is 5.50. The van der Waals surface area contributed by atoms with Crippen LogP contribution in [0.4, 0.5) is 0 Å². The van der Waals surface area contributed by atoms with Gasteiger partial charge >= 0.3 is 0 Å². The van der Waals surface area contributed by atoms with Crippen LogP contribution < -0.4 is 5.32 Å². The predicted molar refractivity (Wildman–Crippen MR) is 67.7 cm³/mol. The third kappa shape index (κ3) is 5.49. The van der Waals surface area contributed by atoms with Crippen molar-refractivity contribution in [1.82, 2.24) is 20.0 Å². The summed E-state index contributed by atoms with van der Waals surface area (Å²) in [6, 6.07) is 0. The van der Waals surface area contributed by atoms with Crippen LogP contribution in [0.1, 0.15) is 18.4 Å². The van der Waals surface area contributed by atoms with E-state index in [0.29, 0.717) is 6.42 Å². The lowest BCUT2D eigenvalue weighted by molar-refractivity contribution is -0.128. The molecule has 0 aliphatic carbocycles.